The quantitative estimate of drug-likeness (QED) is 0.503. The number of anilines is 1. The van der Waals surface area contributed by atoms with Crippen LogP contribution in [-0.4, -0.2) is 59.8 Å². The molecule has 3 aromatic rings. The molecule has 4 rings (SSSR count). The minimum Gasteiger partial charge on any atom is -0.394 e. The van der Waals surface area contributed by atoms with Gasteiger partial charge in [0.2, 0.25) is 0 Å². The highest BCUT2D eigenvalue weighted by atomic mass is 32.1. The number of ether oxygens (including phenoxy) is 1. The third kappa shape index (κ3) is 2.87. The maximum atomic E-state index is 10.2. The second kappa shape index (κ2) is 6.65. The number of aliphatic hydroxyl groups is 3. The number of thiophene rings is 1. The molecular weight excluding hydrogens is 346 g/mol. The number of aromatic nitrogens is 4. The number of hydrogen-bond acceptors (Lipinski definition) is 9. The summed E-state index contributed by atoms with van der Waals surface area (Å²) in [7, 11) is 0. The monoisotopic (exact) mass is 363 g/mol. The van der Waals surface area contributed by atoms with Crippen LogP contribution in [0.1, 0.15) is 11.8 Å². The van der Waals surface area contributed by atoms with Crippen molar-refractivity contribution in [1.29, 1.82) is 0 Å². The number of aliphatic hydroxyl groups excluding tert-OH is 3. The van der Waals surface area contributed by atoms with E-state index >= 15 is 0 Å². The van der Waals surface area contributed by atoms with Crippen LogP contribution in [0.5, 0.6) is 0 Å². The van der Waals surface area contributed by atoms with Crippen LogP contribution in [0.3, 0.4) is 0 Å². The van der Waals surface area contributed by atoms with E-state index in [0.717, 1.165) is 5.56 Å². The summed E-state index contributed by atoms with van der Waals surface area (Å²) in [5, 5.41) is 36.6. The molecular formula is C15H17N5O4S. The van der Waals surface area contributed by atoms with Crippen LogP contribution in [0.4, 0.5) is 5.82 Å². The van der Waals surface area contributed by atoms with Crippen LogP contribution in [0.2, 0.25) is 0 Å². The smallest absolute Gasteiger partial charge is 0.167 e. The Morgan fingerprint density at radius 2 is 2.12 bits per heavy atom. The Labute approximate surface area is 146 Å². The molecule has 0 aliphatic carbocycles. The van der Waals surface area contributed by atoms with Crippen molar-refractivity contribution in [2.45, 2.75) is 31.1 Å². The highest BCUT2D eigenvalue weighted by Gasteiger charge is 2.44. The van der Waals surface area contributed by atoms with E-state index in [2.05, 4.69) is 20.3 Å². The lowest BCUT2D eigenvalue weighted by molar-refractivity contribution is -0.0511. The number of imidazole rings is 1. The SMILES string of the molecule is OC[C@H]1O[C@@H](n2cnc3c(NCc4ccsc4)ncnc32)[C@H](O)[C@@H]1O. The van der Waals surface area contributed by atoms with Crippen molar-refractivity contribution >= 4 is 28.3 Å². The van der Waals surface area contributed by atoms with Crippen LogP contribution in [-0.2, 0) is 11.3 Å². The summed E-state index contributed by atoms with van der Waals surface area (Å²) < 4.78 is 7.08. The van der Waals surface area contributed by atoms with Gasteiger partial charge in [-0.25, -0.2) is 15.0 Å². The van der Waals surface area contributed by atoms with Crippen molar-refractivity contribution in [3.8, 4) is 0 Å². The van der Waals surface area contributed by atoms with Gasteiger partial charge in [-0.15, -0.1) is 0 Å². The van der Waals surface area contributed by atoms with E-state index in [1.807, 2.05) is 16.8 Å². The molecule has 0 unspecified atom stereocenters. The molecule has 1 aliphatic rings. The maximum absolute atomic E-state index is 10.2. The van der Waals surface area contributed by atoms with Gasteiger partial charge in [-0.1, -0.05) is 0 Å². The molecule has 9 nitrogen and oxygen atoms in total. The molecule has 0 radical (unpaired) electrons. The number of nitrogens with one attached hydrogen (secondary N) is 1. The third-order valence-electron chi connectivity index (χ3n) is 4.19. The Kier molecular flexibility index (Phi) is 4.36. The largest absolute Gasteiger partial charge is 0.394 e. The van der Waals surface area contributed by atoms with Gasteiger partial charge >= 0.3 is 0 Å². The molecule has 0 amide bonds. The summed E-state index contributed by atoms with van der Waals surface area (Å²) in [6.07, 6.45) is -1.21. The predicted molar refractivity (Wildman–Crippen MR) is 90.0 cm³/mol. The average Bonchev–Trinajstić information content (AvgIpc) is 3.34. The molecule has 0 spiro atoms. The van der Waals surface area contributed by atoms with Crippen LogP contribution >= 0.6 is 11.3 Å². The van der Waals surface area contributed by atoms with Crippen molar-refractivity contribution in [3.63, 3.8) is 0 Å². The fourth-order valence-electron chi connectivity index (χ4n) is 2.86. The maximum Gasteiger partial charge on any atom is 0.167 e. The Morgan fingerprint density at radius 3 is 2.84 bits per heavy atom. The van der Waals surface area contributed by atoms with Gasteiger partial charge in [0, 0.05) is 6.54 Å². The lowest BCUT2D eigenvalue weighted by atomic mass is 10.1. The van der Waals surface area contributed by atoms with Crippen LogP contribution in [0.25, 0.3) is 11.2 Å². The fraction of sp³-hybridized carbons (Fsp3) is 0.400. The summed E-state index contributed by atoms with van der Waals surface area (Å²) in [6, 6.07) is 2.02. The van der Waals surface area contributed by atoms with Gasteiger partial charge in [0.05, 0.1) is 12.9 Å². The Bertz CT molecular complexity index is 855. The number of hydrogen-bond donors (Lipinski definition) is 4. The molecule has 10 heteroatoms. The Morgan fingerprint density at radius 1 is 1.24 bits per heavy atom. The molecule has 25 heavy (non-hydrogen) atoms. The van der Waals surface area contributed by atoms with E-state index < -0.39 is 24.5 Å². The first-order chi connectivity index (χ1) is 12.2. The van der Waals surface area contributed by atoms with Gasteiger partial charge in [-0.2, -0.15) is 11.3 Å². The molecule has 4 atom stereocenters. The number of fused-ring (bicyclic) bond motifs is 1. The molecule has 1 fully saturated rings. The Balaban J connectivity index is 1.63. The Hall–Kier alpha value is -2.11. The molecule has 3 aromatic heterocycles. The van der Waals surface area contributed by atoms with Gasteiger partial charge in [-0.05, 0) is 22.4 Å². The first-order valence-corrected chi connectivity index (χ1v) is 8.68. The molecule has 1 aliphatic heterocycles. The molecule has 0 bridgehead atoms. The topological polar surface area (TPSA) is 126 Å². The van der Waals surface area contributed by atoms with E-state index in [1.54, 1.807) is 11.3 Å². The van der Waals surface area contributed by atoms with Gasteiger partial charge in [0.25, 0.3) is 0 Å². The summed E-state index contributed by atoms with van der Waals surface area (Å²) in [6.45, 7) is 0.222. The summed E-state index contributed by atoms with van der Waals surface area (Å²) in [5.41, 5.74) is 2.15. The molecule has 132 valence electrons. The van der Waals surface area contributed by atoms with Crippen LogP contribution < -0.4 is 5.32 Å². The molecule has 0 saturated carbocycles. The van der Waals surface area contributed by atoms with E-state index in [1.165, 1.54) is 17.2 Å². The zero-order valence-corrected chi connectivity index (χ0v) is 13.9. The van der Waals surface area contributed by atoms with Crippen molar-refractivity contribution in [1.82, 2.24) is 19.5 Å². The van der Waals surface area contributed by atoms with Crippen molar-refractivity contribution in [2.24, 2.45) is 0 Å². The second-order valence-electron chi connectivity index (χ2n) is 5.76. The normalized spacial score (nSPS) is 26.4. The van der Waals surface area contributed by atoms with Gasteiger partial charge in [0.15, 0.2) is 23.2 Å². The average molecular weight is 363 g/mol. The summed E-state index contributed by atoms with van der Waals surface area (Å²) in [4.78, 5) is 12.8. The van der Waals surface area contributed by atoms with E-state index in [-0.39, 0.29) is 6.61 Å². The number of nitrogens with zero attached hydrogens (tertiary/aromatic N) is 4. The first kappa shape index (κ1) is 16.4. The van der Waals surface area contributed by atoms with E-state index in [9.17, 15) is 15.3 Å². The fourth-order valence-corrected chi connectivity index (χ4v) is 3.52. The van der Waals surface area contributed by atoms with Crippen LogP contribution in [0, 0.1) is 0 Å². The molecule has 1 saturated heterocycles. The molecule has 4 heterocycles. The van der Waals surface area contributed by atoms with Gasteiger partial charge < -0.3 is 25.4 Å². The second-order valence-corrected chi connectivity index (χ2v) is 6.54. The minimum absolute atomic E-state index is 0.385. The van der Waals surface area contributed by atoms with E-state index in [4.69, 9.17) is 4.74 Å². The zero-order chi connectivity index (χ0) is 17.4. The highest BCUT2D eigenvalue weighted by molar-refractivity contribution is 7.07. The van der Waals surface area contributed by atoms with Crippen molar-refractivity contribution in [3.05, 3.63) is 35.0 Å². The first-order valence-electron chi connectivity index (χ1n) is 7.74. The van der Waals surface area contributed by atoms with Crippen LogP contribution in [0.15, 0.2) is 29.5 Å². The van der Waals surface area contributed by atoms with Crippen molar-refractivity contribution in [2.75, 3.05) is 11.9 Å². The van der Waals surface area contributed by atoms with E-state index in [0.29, 0.717) is 23.5 Å². The standard InChI is InChI=1S/C15H17N5O4S/c21-4-9-11(22)12(23)15(24-9)20-7-19-10-13(17-6-18-14(10)20)16-3-8-1-2-25-5-8/h1-2,5-7,9,11-12,15,21-23H,3-4H2,(H,16,17,18)/t9-,11-,12-,15-/m1/s1. The van der Waals surface area contributed by atoms with Gasteiger partial charge in [0.1, 0.15) is 24.6 Å². The highest BCUT2D eigenvalue weighted by Crippen LogP contribution is 2.32. The third-order valence-corrected chi connectivity index (χ3v) is 4.92. The number of rotatable bonds is 5. The molecule has 4 N–H and O–H groups in total. The lowest BCUT2D eigenvalue weighted by Gasteiger charge is -2.16. The predicted octanol–water partition coefficient (Wildman–Crippen LogP) is 0.111. The summed E-state index contributed by atoms with van der Waals surface area (Å²) in [5.74, 6) is 0.571. The lowest BCUT2D eigenvalue weighted by Crippen LogP contribution is -2.33. The molecule has 0 aromatic carbocycles. The van der Waals surface area contributed by atoms with Gasteiger partial charge in [-0.3, -0.25) is 4.57 Å². The summed E-state index contributed by atoms with van der Waals surface area (Å²) >= 11 is 1.62. The zero-order valence-electron chi connectivity index (χ0n) is 13.1. The minimum atomic E-state index is -1.19. The van der Waals surface area contributed by atoms with Crippen molar-refractivity contribution < 1.29 is 20.1 Å².